The highest BCUT2D eigenvalue weighted by Crippen LogP contribution is 2.24. The van der Waals surface area contributed by atoms with Crippen LogP contribution in [0.2, 0.25) is 5.02 Å². The van der Waals surface area contributed by atoms with E-state index in [0.717, 1.165) is 0 Å². The van der Waals surface area contributed by atoms with Gasteiger partial charge in [0, 0.05) is 0 Å². The molecule has 2 rings (SSSR count). The first kappa shape index (κ1) is 15.5. The van der Waals surface area contributed by atoms with Gasteiger partial charge in [-0.3, -0.25) is 0 Å². The minimum absolute atomic E-state index is 0.0716. The maximum absolute atomic E-state index is 12.3. The van der Waals surface area contributed by atoms with E-state index in [1.54, 1.807) is 12.1 Å². The lowest BCUT2D eigenvalue weighted by Gasteiger charge is -2.15. The minimum Gasteiger partial charge on any atom is -0.468 e. The van der Waals surface area contributed by atoms with Crippen LogP contribution >= 0.6 is 11.6 Å². The molecule has 6 nitrogen and oxygen atoms in total. The number of nitriles is 1. The molecule has 0 spiro atoms. The molecule has 0 bridgehead atoms. The van der Waals surface area contributed by atoms with Crippen molar-refractivity contribution in [3.8, 4) is 6.07 Å². The van der Waals surface area contributed by atoms with Gasteiger partial charge in [0.2, 0.25) is 10.0 Å². The number of sulfonamides is 1. The Morgan fingerprint density at radius 1 is 1.43 bits per heavy atom. The third-order valence-electron chi connectivity index (χ3n) is 2.72. The molecule has 0 aliphatic carbocycles. The van der Waals surface area contributed by atoms with E-state index in [-0.39, 0.29) is 21.2 Å². The van der Waals surface area contributed by atoms with Crippen molar-refractivity contribution in [1.82, 2.24) is 4.72 Å². The van der Waals surface area contributed by atoms with Gasteiger partial charge in [0.05, 0.1) is 29.5 Å². The lowest BCUT2D eigenvalue weighted by molar-refractivity contribution is 0.242. The van der Waals surface area contributed by atoms with Crippen molar-refractivity contribution in [3.63, 3.8) is 0 Å². The summed E-state index contributed by atoms with van der Waals surface area (Å²) >= 11 is 5.89. The van der Waals surface area contributed by atoms with Crippen LogP contribution in [0.5, 0.6) is 0 Å². The quantitative estimate of drug-likeness (QED) is 0.872. The van der Waals surface area contributed by atoms with E-state index in [4.69, 9.17) is 21.3 Å². The minimum atomic E-state index is -3.96. The molecule has 21 heavy (non-hydrogen) atoms. The Morgan fingerprint density at radius 3 is 2.71 bits per heavy atom. The number of hydrogen-bond donors (Lipinski definition) is 2. The molecule has 2 aromatic rings. The van der Waals surface area contributed by atoms with Crippen LogP contribution in [0.1, 0.15) is 17.4 Å². The predicted molar refractivity (Wildman–Crippen MR) is 75.0 cm³/mol. The van der Waals surface area contributed by atoms with Crippen molar-refractivity contribution in [1.29, 1.82) is 5.26 Å². The Hall–Kier alpha value is -1.85. The van der Waals surface area contributed by atoms with Gasteiger partial charge in [0.25, 0.3) is 0 Å². The first-order valence-electron chi connectivity index (χ1n) is 5.84. The highest BCUT2D eigenvalue weighted by atomic mass is 35.5. The van der Waals surface area contributed by atoms with E-state index in [0.29, 0.717) is 0 Å². The fraction of sp³-hybridized carbons (Fsp3) is 0.154. The Morgan fingerprint density at radius 2 is 2.19 bits per heavy atom. The second-order valence-corrected chi connectivity index (χ2v) is 6.22. The topological polar surface area (TPSA) is 103 Å². The van der Waals surface area contributed by atoms with Crippen LogP contribution in [0.4, 0.5) is 0 Å². The molecule has 0 radical (unpaired) electrons. The molecule has 110 valence electrons. The van der Waals surface area contributed by atoms with Crippen LogP contribution in [-0.2, 0) is 10.0 Å². The number of hydrogen-bond acceptors (Lipinski definition) is 5. The molecule has 0 amide bonds. The SMILES string of the molecule is N#Cc1ccc(S(=O)(=O)NC(CO)c2ccco2)c(Cl)c1. The lowest BCUT2D eigenvalue weighted by Crippen LogP contribution is -2.30. The lowest BCUT2D eigenvalue weighted by atomic mass is 10.2. The summed E-state index contributed by atoms with van der Waals surface area (Å²) in [5, 5.41) is 18.0. The van der Waals surface area contributed by atoms with Crippen LogP contribution in [0.15, 0.2) is 45.9 Å². The third kappa shape index (κ3) is 3.43. The molecule has 0 saturated carbocycles. The smallest absolute Gasteiger partial charge is 0.242 e. The molecule has 1 aromatic carbocycles. The van der Waals surface area contributed by atoms with Gasteiger partial charge < -0.3 is 9.52 Å². The maximum atomic E-state index is 12.3. The first-order chi connectivity index (χ1) is 9.97. The molecule has 1 aromatic heterocycles. The van der Waals surface area contributed by atoms with Gasteiger partial charge in [-0.25, -0.2) is 8.42 Å². The molecule has 1 atom stereocenters. The highest BCUT2D eigenvalue weighted by molar-refractivity contribution is 7.89. The van der Waals surface area contributed by atoms with Gasteiger partial charge in [-0.05, 0) is 30.3 Å². The maximum Gasteiger partial charge on any atom is 0.242 e. The van der Waals surface area contributed by atoms with E-state index in [1.165, 1.54) is 24.5 Å². The number of halogens is 1. The van der Waals surface area contributed by atoms with E-state index in [9.17, 15) is 13.5 Å². The number of furan rings is 1. The summed E-state index contributed by atoms with van der Waals surface area (Å²) in [4.78, 5) is -0.173. The summed E-state index contributed by atoms with van der Waals surface area (Å²) in [5.74, 6) is 0.283. The zero-order valence-corrected chi connectivity index (χ0v) is 12.2. The second kappa shape index (κ2) is 6.28. The van der Waals surface area contributed by atoms with E-state index >= 15 is 0 Å². The van der Waals surface area contributed by atoms with Crippen LogP contribution < -0.4 is 4.72 Å². The number of rotatable bonds is 5. The summed E-state index contributed by atoms with van der Waals surface area (Å²) in [6.45, 7) is -0.472. The van der Waals surface area contributed by atoms with Crippen molar-refractivity contribution in [2.24, 2.45) is 0 Å². The van der Waals surface area contributed by atoms with Crippen LogP contribution in [0.25, 0.3) is 0 Å². The van der Waals surface area contributed by atoms with Crippen LogP contribution in [0.3, 0.4) is 0 Å². The zero-order chi connectivity index (χ0) is 15.5. The first-order valence-corrected chi connectivity index (χ1v) is 7.70. The summed E-state index contributed by atoms with van der Waals surface area (Å²) < 4.78 is 31.9. The summed E-state index contributed by atoms with van der Waals surface area (Å²) in [6, 6.07) is 7.92. The molecule has 0 saturated heterocycles. The van der Waals surface area contributed by atoms with Gasteiger partial charge in [0.1, 0.15) is 16.7 Å². The monoisotopic (exact) mass is 326 g/mol. The standard InChI is InChI=1S/C13H11ClN2O4S/c14-10-6-9(7-15)3-4-13(10)21(18,19)16-11(8-17)12-2-1-5-20-12/h1-6,11,16-17H,8H2. The van der Waals surface area contributed by atoms with E-state index in [2.05, 4.69) is 4.72 Å². The number of benzene rings is 1. The van der Waals surface area contributed by atoms with Crippen molar-refractivity contribution in [3.05, 3.63) is 52.9 Å². The van der Waals surface area contributed by atoms with E-state index in [1.807, 2.05) is 6.07 Å². The predicted octanol–water partition coefficient (Wildman–Crippen LogP) is 1.82. The Balaban J connectivity index is 2.32. The van der Waals surface area contributed by atoms with Gasteiger partial charge in [0.15, 0.2) is 0 Å². The Bertz CT molecular complexity index is 766. The van der Waals surface area contributed by atoms with Crippen molar-refractivity contribution in [2.45, 2.75) is 10.9 Å². The molecule has 1 unspecified atom stereocenters. The Labute approximate surface area is 126 Å². The average Bonchev–Trinajstić information content (AvgIpc) is 2.98. The normalized spacial score (nSPS) is 12.8. The fourth-order valence-electron chi connectivity index (χ4n) is 1.71. The summed E-state index contributed by atoms with van der Waals surface area (Å²) in [7, 11) is -3.96. The largest absolute Gasteiger partial charge is 0.468 e. The van der Waals surface area contributed by atoms with Crippen molar-refractivity contribution >= 4 is 21.6 Å². The number of nitrogens with one attached hydrogen (secondary N) is 1. The fourth-order valence-corrected chi connectivity index (χ4v) is 3.45. The highest BCUT2D eigenvalue weighted by Gasteiger charge is 2.24. The molecular weight excluding hydrogens is 316 g/mol. The molecular formula is C13H11ClN2O4S. The van der Waals surface area contributed by atoms with E-state index < -0.39 is 22.7 Å². The molecule has 0 fully saturated rings. The third-order valence-corrected chi connectivity index (χ3v) is 4.67. The number of aliphatic hydroxyl groups excluding tert-OH is 1. The van der Waals surface area contributed by atoms with Crippen molar-refractivity contribution < 1.29 is 17.9 Å². The second-order valence-electron chi connectivity index (χ2n) is 4.13. The van der Waals surface area contributed by atoms with Crippen molar-refractivity contribution in [2.75, 3.05) is 6.61 Å². The van der Waals surface area contributed by atoms with Gasteiger partial charge in [-0.1, -0.05) is 11.6 Å². The number of nitrogens with zero attached hydrogens (tertiary/aromatic N) is 1. The van der Waals surface area contributed by atoms with Gasteiger partial charge >= 0.3 is 0 Å². The van der Waals surface area contributed by atoms with Gasteiger partial charge in [-0.2, -0.15) is 9.98 Å². The van der Waals surface area contributed by atoms with Crippen LogP contribution in [0, 0.1) is 11.3 Å². The number of aliphatic hydroxyl groups is 1. The summed E-state index contributed by atoms with van der Waals surface area (Å²) in [5.41, 5.74) is 0.253. The summed E-state index contributed by atoms with van der Waals surface area (Å²) in [6.07, 6.45) is 1.38. The van der Waals surface area contributed by atoms with Crippen LogP contribution in [-0.4, -0.2) is 20.1 Å². The Kier molecular flexibility index (Phi) is 4.65. The van der Waals surface area contributed by atoms with Gasteiger partial charge in [-0.15, -0.1) is 0 Å². The molecule has 0 aliphatic rings. The zero-order valence-electron chi connectivity index (χ0n) is 10.7. The average molecular weight is 327 g/mol. The molecule has 1 heterocycles. The molecule has 0 aliphatic heterocycles. The molecule has 2 N–H and O–H groups in total. The molecule has 8 heteroatoms.